The Balaban J connectivity index is 1.48. The third kappa shape index (κ3) is 6.06. The maximum absolute atomic E-state index is 12.6. The van der Waals surface area contributed by atoms with E-state index in [2.05, 4.69) is 36.0 Å². The number of halogens is 3. The third-order valence-electron chi connectivity index (χ3n) is 4.54. The van der Waals surface area contributed by atoms with Gasteiger partial charge in [0.2, 0.25) is 0 Å². The Morgan fingerprint density at radius 2 is 1.87 bits per heavy atom. The molecule has 166 valence electrons. The summed E-state index contributed by atoms with van der Waals surface area (Å²) in [6.45, 7) is 4.31. The topological polar surface area (TPSA) is 92.1 Å². The lowest BCUT2D eigenvalue weighted by Gasteiger charge is -2.12. The summed E-state index contributed by atoms with van der Waals surface area (Å²) < 4.78 is 39.6. The summed E-state index contributed by atoms with van der Waals surface area (Å²) in [5.74, 6) is 1.36. The van der Waals surface area contributed by atoms with Crippen molar-refractivity contribution in [3.8, 4) is 0 Å². The van der Waals surface area contributed by atoms with Crippen LogP contribution in [0.5, 0.6) is 0 Å². The van der Waals surface area contributed by atoms with E-state index < -0.39 is 11.7 Å². The van der Waals surface area contributed by atoms with Crippen molar-refractivity contribution < 1.29 is 13.2 Å². The number of hydrogen-bond donors (Lipinski definition) is 3. The van der Waals surface area contributed by atoms with E-state index in [0.29, 0.717) is 44.4 Å². The number of alkyl halides is 3. The van der Waals surface area contributed by atoms with Crippen LogP contribution in [0.4, 0.5) is 19.0 Å². The van der Waals surface area contributed by atoms with E-state index in [1.807, 2.05) is 14.0 Å². The van der Waals surface area contributed by atoms with Crippen LogP contribution < -0.4 is 16.0 Å². The minimum absolute atomic E-state index is 0.455. The predicted octanol–water partition coefficient (Wildman–Crippen LogP) is 2.59. The van der Waals surface area contributed by atoms with Crippen molar-refractivity contribution in [3.63, 3.8) is 0 Å². The van der Waals surface area contributed by atoms with Crippen molar-refractivity contribution in [3.05, 3.63) is 47.9 Å². The summed E-state index contributed by atoms with van der Waals surface area (Å²) in [6, 6.07) is 5.17. The fourth-order valence-corrected chi connectivity index (χ4v) is 2.96. The lowest BCUT2D eigenvalue weighted by Crippen LogP contribution is -2.39. The number of nitrogens with zero attached hydrogens (tertiary/aromatic N) is 5. The van der Waals surface area contributed by atoms with Gasteiger partial charge < -0.3 is 16.0 Å². The highest BCUT2D eigenvalue weighted by Crippen LogP contribution is 2.29. The Hall–Kier alpha value is -3.37. The van der Waals surface area contributed by atoms with Gasteiger partial charge in [0.1, 0.15) is 12.1 Å². The maximum Gasteiger partial charge on any atom is 0.416 e. The monoisotopic (exact) mass is 434 g/mol. The van der Waals surface area contributed by atoms with Crippen molar-refractivity contribution in [2.45, 2.75) is 19.5 Å². The fraction of sp³-hybridized carbons (Fsp3) is 0.400. The number of nitrogens with one attached hydrogen (secondary N) is 3. The summed E-state index contributed by atoms with van der Waals surface area (Å²) in [7, 11) is 1.82. The van der Waals surface area contributed by atoms with Gasteiger partial charge in [-0.2, -0.15) is 18.3 Å². The molecule has 2 heterocycles. The molecule has 2 aromatic heterocycles. The summed E-state index contributed by atoms with van der Waals surface area (Å²) >= 11 is 0. The van der Waals surface area contributed by atoms with Gasteiger partial charge in [-0.1, -0.05) is 12.1 Å². The van der Waals surface area contributed by atoms with E-state index in [-0.39, 0.29) is 0 Å². The maximum atomic E-state index is 12.6. The van der Waals surface area contributed by atoms with E-state index in [1.165, 1.54) is 18.5 Å². The Morgan fingerprint density at radius 3 is 2.58 bits per heavy atom. The highest BCUT2D eigenvalue weighted by molar-refractivity contribution is 5.86. The number of aryl methyl sites for hydroxylation is 1. The molecule has 0 aliphatic carbocycles. The zero-order chi connectivity index (χ0) is 22.3. The molecule has 0 unspecified atom stereocenters. The van der Waals surface area contributed by atoms with Crippen molar-refractivity contribution in [2.24, 2.45) is 12.0 Å². The van der Waals surface area contributed by atoms with Gasteiger partial charge >= 0.3 is 6.18 Å². The van der Waals surface area contributed by atoms with Gasteiger partial charge in [0, 0.05) is 33.2 Å². The Kier molecular flexibility index (Phi) is 7.27. The second-order valence-electron chi connectivity index (χ2n) is 6.79. The Bertz CT molecular complexity index is 1010. The van der Waals surface area contributed by atoms with Crippen LogP contribution in [-0.2, 0) is 19.6 Å². The SMILES string of the molecule is CCNC(=NCCc1ccc(C(F)(F)F)cc1)NCCNc1ncnc2c1cnn2C. The molecule has 0 fully saturated rings. The van der Waals surface area contributed by atoms with Gasteiger partial charge in [0.25, 0.3) is 0 Å². The zero-order valence-corrected chi connectivity index (χ0v) is 17.4. The Labute approximate surface area is 178 Å². The van der Waals surface area contributed by atoms with E-state index in [0.717, 1.165) is 28.7 Å². The van der Waals surface area contributed by atoms with Crippen LogP contribution in [0, 0.1) is 0 Å². The molecule has 0 spiro atoms. The number of rotatable bonds is 8. The van der Waals surface area contributed by atoms with E-state index in [9.17, 15) is 13.2 Å². The molecule has 0 radical (unpaired) electrons. The number of hydrogen-bond acceptors (Lipinski definition) is 5. The van der Waals surface area contributed by atoms with Crippen molar-refractivity contribution in [2.75, 3.05) is 31.5 Å². The number of fused-ring (bicyclic) bond motifs is 1. The molecule has 1 aromatic carbocycles. The third-order valence-corrected chi connectivity index (χ3v) is 4.54. The molecule has 0 saturated heterocycles. The molecule has 0 aliphatic rings. The first-order valence-corrected chi connectivity index (χ1v) is 9.93. The van der Waals surface area contributed by atoms with Gasteiger partial charge in [0.05, 0.1) is 17.1 Å². The van der Waals surface area contributed by atoms with Gasteiger partial charge in [-0.15, -0.1) is 0 Å². The van der Waals surface area contributed by atoms with E-state index >= 15 is 0 Å². The zero-order valence-electron chi connectivity index (χ0n) is 17.4. The molecule has 8 nitrogen and oxygen atoms in total. The highest BCUT2D eigenvalue weighted by atomic mass is 19.4. The number of guanidine groups is 1. The molecule has 31 heavy (non-hydrogen) atoms. The van der Waals surface area contributed by atoms with Crippen LogP contribution in [-0.4, -0.2) is 51.9 Å². The van der Waals surface area contributed by atoms with Crippen LogP contribution >= 0.6 is 0 Å². The van der Waals surface area contributed by atoms with Crippen molar-refractivity contribution in [1.29, 1.82) is 0 Å². The second-order valence-corrected chi connectivity index (χ2v) is 6.79. The largest absolute Gasteiger partial charge is 0.416 e. The highest BCUT2D eigenvalue weighted by Gasteiger charge is 2.29. The van der Waals surface area contributed by atoms with Crippen LogP contribution in [0.3, 0.4) is 0 Å². The van der Waals surface area contributed by atoms with Crippen molar-refractivity contribution >= 4 is 22.8 Å². The lowest BCUT2D eigenvalue weighted by atomic mass is 10.1. The fourth-order valence-electron chi connectivity index (χ4n) is 2.96. The van der Waals surface area contributed by atoms with Crippen molar-refractivity contribution in [1.82, 2.24) is 30.4 Å². The standard InChI is InChI=1S/C20H25F3N8/c1-3-24-19(26-9-8-14-4-6-15(7-5-14)20(21,22)23)27-11-10-25-17-16-12-30-31(2)18(16)29-13-28-17/h4-7,12-13H,3,8-11H2,1-2H3,(H2,24,26,27)(H,25,28,29). The number of aromatic nitrogens is 4. The predicted molar refractivity (Wildman–Crippen MR) is 114 cm³/mol. The molecule has 0 bridgehead atoms. The second kappa shape index (κ2) is 10.1. The van der Waals surface area contributed by atoms with Crippen LogP contribution in [0.1, 0.15) is 18.1 Å². The smallest absolute Gasteiger partial charge is 0.368 e. The summed E-state index contributed by atoms with van der Waals surface area (Å²) in [4.78, 5) is 12.9. The van der Waals surface area contributed by atoms with Gasteiger partial charge in [-0.05, 0) is 31.0 Å². The molecule has 3 rings (SSSR count). The summed E-state index contributed by atoms with van der Waals surface area (Å²) in [5.41, 5.74) is 0.914. The van der Waals surface area contributed by atoms with Crippen LogP contribution in [0.15, 0.2) is 41.8 Å². The first kappa shape index (κ1) is 22.3. The number of anilines is 1. The number of aliphatic imine (C=N–C) groups is 1. The molecule has 3 aromatic rings. The molecule has 0 atom stereocenters. The minimum Gasteiger partial charge on any atom is -0.368 e. The lowest BCUT2D eigenvalue weighted by molar-refractivity contribution is -0.137. The normalized spacial score (nSPS) is 12.2. The summed E-state index contributed by atoms with van der Waals surface area (Å²) in [5, 5.41) is 14.7. The molecular weight excluding hydrogens is 409 g/mol. The Morgan fingerprint density at radius 1 is 1.10 bits per heavy atom. The average Bonchev–Trinajstić information content (AvgIpc) is 3.12. The first-order valence-electron chi connectivity index (χ1n) is 9.93. The summed E-state index contributed by atoms with van der Waals surface area (Å²) in [6.07, 6.45) is -0.557. The van der Waals surface area contributed by atoms with Gasteiger partial charge in [-0.25, -0.2) is 9.97 Å². The van der Waals surface area contributed by atoms with Gasteiger partial charge in [0.15, 0.2) is 11.6 Å². The minimum atomic E-state index is -4.32. The molecular formula is C20H25F3N8. The molecule has 0 aliphatic heterocycles. The van der Waals surface area contributed by atoms with E-state index in [4.69, 9.17) is 0 Å². The van der Waals surface area contributed by atoms with Gasteiger partial charge in [-0.3, -0.25) is 9.67 Å². The molecule has 0 amide bonds. The van der Waals surface area contributed by atoms with E-state index in [1.54, 1.807) is 10.9 Å². The van der Waals surface area contributed by atoms with Crippen LogP contribution in [0.2, 0.25) is 0 Å². The first-order chi connectivity index (χ1) is 14.9. The average molecular weight is 434 g/mol. The molecule has 3 N–H and O–H groups in total. The number of benzene rings is 1. The molecule has 0 saturated carbocycles. The quantitative estimate of drug-likeness (QED) is 0.287. The van der Waals surface area contributed by atoms with Crippen LogP contribution in [0.25, 0.3) is 11.0 Å². The molecule has 11 heteroatoms.